The lowest BCUT2D eigenvalue weighted by atomic mass is 9.91. The van der Waals surface area contributed by atoms with E-state index in [1.165, 1.54) is 16.7 Å². The molecule has 4 heteroatoms. The smallest absolute Gasteiger partial charge is 0.115 e. The number of benzene rings is 1. The summed E-state index contributed by atoms with van der Waals surface area (Å²) in [6.07, 6.45) is 3.56. The van der Waals surface area contributed by atoms with Gasteiger partial charge in [-0.15, -0.1) is 18.3 Å². The molecule has 2 atom stereocenters. The van der Waals surface area contributed by atoms with E-state index in [0.717, 1.165) is 5.84 Å². The third-order valence-electron chi connectivity index (χ3n) is 3.46. The van der Waals surface area contributed by atoms with Gasteiger partial charge < -0.3 is 5.32 Å². The van der Waals surface area contributed by atoms with Gasteiger partial charge in [0, 0.05) is 0 Å². The fourth-order valence-electron chi connectivity index (χ4n) is 2.42. The molecule has 0 saturated carbocycles. The van der Waals surface area contributed by atoms with Crippen LogP contribution in [0.25, 0.3) is 5.57 Å². The molecule has 0 spiro atoms. The summed E-state index contributed by atoms with van der Waals surface area (Å²) in [6, 6.07) is 8.64. The Kier molecular flexibility index (Phi) is 3.74. The number of hydrogen-bond acceptors (Lipinski definition) is 3. The monoisotopic (exact) mass is 283 g/mol. The van der Waals surface area contributed by atoms with E-state index in [9.17, 15) is 0 Å². The minimum absolute atomic E-state index is 0.205. The molecule has 0 aliphatic carbocycles. The number of nitrogens with one attached hydrogen (secondary N) is 1. The number of amidine groups is 1. The minimum atomic E-state index is 0.205. The van der Waals surface area contributed by atoms with Gasteiger partial charge in [-0.25, -0.2) is 0 Å². The third kappa shape index (κ3) is 2.43. The molecule has 0 aromatic heterocycles. The number of rotatable bonds is 3. The summed E-state index contributed by atoms with van der Waals surface area (Å²) in [5.41, 5.74) is 3.82. The van der Waals surface area contributed by atoms with Crippen LogP contribution in [0, 0.1) is 12.8 Å². The van der Waals surface area contributed by atoms with Crippen molar-refractivity contribution in [3.8, 4) is 0 Å². The van der Waals surface area contributed by atoms with Gasteiger partial charge >= 0.3 is 0 Å². The van der Waals surface area contributed by atoms with E-state index in [0.29, 0.717) is 6.54 Å². The van der Waals surface area contributed by atoms with Gasteiger partial charge in [0.05, 0.1) is 18.8 Å². The van der Waals surface area contributed by atoms with Gasteiger partial charge in [0.1, 0.15) is 11.2 Å². The van der Waals surface area contributed by atoms with Crippen molar-refractivity contribution in [3.63, 3.8) is 0 Å². The Labute approximate surface area is 123 Å². The van der Waals surface area contributed by atoms with Crippen molar-refractivity contribution < 1.29 is 0 Å². The van der Waals surface area contributed by atoms with Crippen LogP contribution in [0.4, 0.5) is 0 Å². The first kappa shape index (κ1) is 13.2. The van der Waals surface area contributed by atoms with E-state index in [1.54, 1.807) is 18.1 Å². The number of thioether (sulfide) groups is 1. The van der Waals surface area contributed by atoms with E-state index in [1.807, 2.05) is 6.08 Å². The molecule has 1 N–H and O–H groups in total. The Morgan fingerprint density at radius 2 is 2.20 bits per heavy atom. The zero-order valence-electron chi connectivity index (χ0n) is 11.4. The number of nitrogens with zero attached hydrogens (tertiary/aromatic N) is 2. The maximum Gasteiger partial charge on any atom is 0.115 e. The van der Waals surface area contributed by atoms with Crippen LogP contribution < -0.4 is 5.32 Å². The number of aryl methyl sites for hydroxylation is 1. The van der Waals surface area contributed by atoms with Crippen molar-refractivity contribution in [2.45, 2.75) is 12.3 Å². The molecule has 2 aliphatic rings. The number of hydrogen-bond donors (Lipinski definition) is 1. The summed E-state index contributed by atoms with van der Waals surface area (Å²) in [7, 11) is 0. The Hall–Kier alpha value is -1.81. The van der Waals surface area contributed by atoms with Gasteiger partial charge in [-0.05, 0) is 23.5 Å². The molecule has 20 heavy (non-hydrogen) atoms. The molecule has 1 aromatic carbocycles. The Bertz CT molecular complexity index is 599. The molecule has 3 nitrogen and oxygen atoms in total. The van der Waals surface area contributed by atoms with Crippen molar-refractivity contribution in [2.24, 2.45) is 15.9 Å². The van der Waals surface area contributed by atoms with Crippen molar-refractivity contribution in [1.82, 2.24) is 5.32 Å². The fourth-order valence-corrected chi connectivity index (χ4v) is 3.55. The molecule has 0 saturated heterocycles. The first-order chi connectivity index (χ1) is 9.79. The second-order valence-corrected chi connectivity index (χ2v) is 5.87. The molecule has 102 valence electrons. The van der Waals surface area contributed by atoms with Gasteiger partial charge in [-0.3, -0.25) is 9.98 Å². The maximum absolute atomic E-state index is 4.58. The highest BCUT2D eigenvalue weighted by atomic mass is 32.2. The van der Waals surface area contributed by atoms with Crippen LogP contribution in [0.1, 0.15) is 11.1 Å². The third-order valence-corrected chi connectivity index (χ3v) is 4.52. The van der Waals surface area contributed by atoms with Crippen LogP contribution in [-0.2, 0) is 0 Å². The van der Waals surface area contributed by atoms with E-state index in [4.69, 9.17) is 0 Å². The zero-order chi connectivity index (χ0) is 13.9. The SMILES string of the molecule is C=CCN=C1NC=N[C@H]2SC=C(c3ccc(C)cc3)[C@@H]12. The first-order valence-electron chi connectivity index (χ1n) is 6.65. The molecular weight excluding hydrogens is 266 g/mol. The van der Waals surface area contributed by atoms with Crippen molar-refractivity contribution in [1.29, 1.82) is 0 Å². The molecule has 2 heterocycles. The molecule has 0 bridgehead atoms. The maximum atomic E-state index is 4.58. The summed E-state index contributed by atoms with van der Waals surface area (Å²) < 4.78 is 0. The lowest BCUT2D eigenvalue weighted by Crippen LogP contribution is -2.39. The molecule has 3 rings (SSSR count). The zero-order valence-corrected chi connectivity index (χ0v) is 12.2. The highest BCUT2D eigenvalue weighted by Crippen LogP contribution is 2.43. The summed E-state index contributed by atoms with van der Waals surface area (Å²) in [5.74, 6) is 1.20. The highest BCUT2D eigenvalue weighted by Gasteiger charge is 2.36. The number of aliphatic imine (C=N–C) groups is 2. The van der Waals surface area contributed by atoms with Crippen LogP contribution >= 0.6 is 11.8 Å². The van der Waals surface area contributed by atoms with Gasteiger partial charge in [-0.1, -0.05) is 35.9 Å². The van der Waals surface area contributed by atoms with Crippen molar-refractivity contribution in [2.75, 3.05) is 6.54 Å². The standard InChI is InChI=1S/C16H17N3S/c1-3-8-17-15-14-13(9-20-16(14)19-10-18-15)12-6-4-11(2)5-7-12/h3-7,9-10,14,16H,1,8H2,2H3,(H,17,18,19)/t14-,16-/m0/s1. The summed E-state index contributed by atoms with van der Waals surface area (Å²) in [5, 5.41) is 5.61. The molecule has 2 aliphatic heterocycles. The van der Waals surface area contributed by atoms with Gasteiger partial charge in [0.15, 0.2) is 0 Å². The highest BCUT2D eigenvalue weighted by molar-refractivity contribution is 8.03. The molecule has 0 amide bonds. The van der Waals surface area contributed by atoms with Crippen LogP contribution in [-0.4, -0.2) is 24.1 Å². The van der Waals surface area contributed by atoms with E-state index < -0.39 is 0 Å². The van der Waals surface area contributed by atoms with Gasteiger partial charge in [0.25, 0.3) is 0 Å². The summed E-state index contributed by atoms with van der Waals surface area (Å²) in [4.78, 5) is 9.09. The summed E-state index contributed by atoms with van der Waals surface area (Å²) in [6.45, 7) is 6.46. The minimum Gasteiger partial charge on any atom is -0.335 e. The second kappa shape index (κ2) is 5.67. The lowest BCUT2D eigenvalue weighted by molar-refractivity contribution is 0.792. The second-order valence-electron chi connectivity index (χ2n) is 4.88. The predicted molar refractivity (Wildman–Crippen MR) is 88.2 cm³/mol. The molecule has 0 unspecified atom stereocenters. The van der Waals surface area contributed by atoms with Crippen LogP contribution in [0.15, 0.2) is 52.3 Å². The molecule has 1 aromatic rings. The van der Waals surface area contributed by atoms with Crippen LogP contribution in [0.5, 0.6) is 0 Å². The van der Waals surface area contributed by atoms with Gasteiger partial charge in [0.2, 0.25) is 0 Å². The average molecular weight is 283 g/mol. The van der Waals surface area contributed by atoms with Gasteiger partial charge in [-0.2, -0.15) is 0 Å². The Morgan fingerprint density at radius 1 is 1.40 bits per heavy atom. The Balaban J connectivity index is 1.94. The first-order valence-corrected chi connectivity index (χ1v) is 7.60. The fraction of sp³-hybridized carbons (Fsp3) is 0.250. The van der Waals surface area contributed by atoms with Crippen molar-refractivity contribution in [3.05, 3.63) is 53.5 Å². The Morgan fingerprint density at radius 3 is 2.95 bits per heavy atom. The van der Waals surface area contributed by atoms with E-state index in [-0.39, 0.29) is 11.3 Å². The average Bonchev–Trinajstić information content (AvgIpc) is 2.90. The largest absolute Gasteiger partial charge is 0.335 e. The number of fused-ring (bicyclic) bond motifs is 1. The predicted octanol–water partition coefficient (Wildman–Crippen LogP) is 3.24. The molecule has 0 fully saturated rings. The lowest BCUT2D eigenvalue weighted by Gasteiger charge is -2.25. The van der Waals surface area contributed by atoms with E-state index in [2.05, 4.69) is 58.5 Å². The normalized spacial score (nSPS) is 26.1. The molecular formula is C16H17N3S. The van der Waals surface area contributed by atoms with Crippen LogP contribution in [0.3, 0.4) is 0 Å². The van der Waals surface area contributed by atoms with E-state index >= 15 is 0 Å². The van der Waals surface area contributed by atoms with Crippen molar-refractivity contribution >= 4 is 29.5 Å². The quantitative estimate of drug-likeness (QED) is 0.865. The summed E-state index contributed by atoms with van der Waals surface area (Å²) >= 11 is 1.76. The van der Waals surface area contributed by atoms with Crippen LogP contribution in [0.2, 0.25) is 0 Å². The molecule has 0 radical (unpaired) electrons. The topological polar surface area (TPSA) is 36.8 Å².